The molecule has 390 valence electrons. The monoisotopic (exact) mass is 1030 g/mol. The Labute approximate surface area is 455 Å². The number of carboxylic acids is 1. The molecule has 6 aromatic carbocycles. The first-order chi connectivity index (χ1) is 35.6. The summed E-state index contributed by atoms with van der Waals surface area (Å²) in [5, 5.41) is 9.95. The van der Waals surface area contributed by atoms with Gasteiger partial charge in [0.25, 0.3) is 0 Å². The molecule has 2 saturated heterocycles. The molecule has 2 fully saturated rings. The van der Waals surface area contributed by atoms with Gasteiger partial charge in [-0.3, -0.25) is 9.59 Å². The molecule has 4 atom stereocenters. The van der Waals surface area contributed by atoms with E-state index in [2.05, 4.69) is 23.7 Å². The number of likely N-dealkylation sites (tertiary alicyclic amines) is 2. The number of esters is 1. The van der Waals surface area contributed by atoms with Gasteiger partial charge in [-0.15, -0.1) is 0 Å². The number of methoxy groups -OCH3 is 1. The Morgan fingerprint density at radius 3 is 1.21 bits per heavy atom. The van der Waals surface area contributed by atoms with Gasteiger partial charge in [0.1, 0.15) is 23.7 Å². The van der Waals surface area contributed by atoms with Gasteiger partial charge < -0.3 is 40.1 Å². The predicted molar refractivity (Wildman–Crippen MR) is 279 cm³/mol. The minimum atomic E-state index is -1.03. The Kier molecular flexibility index (Phi) is 25.3. The van der Waals surface area contributed by atoms with E-state index >= 15 is 0 Å². The van der Waals surface area contributed by atoms with E-state index in [4.69, 9.17) is 14.2 Å². The van der Waals surface area contributed by atoms with Crippen LogP contribution in [0.2, 0.25) is 0 Å². The van der Waals surface area contributed by atoms with Gasteiger partial charge in [-0.05, 0) is 83.6 Å². The number of aliphatic carboxylic acids is 1. The first-order valence-electron chi connectivity index (χ1n) is 24.4. The van der Waals surface area contributed by atoms with Crippen molar-refractivity contribution >= 4 is 23.8 Å². The molecule has 2 amide bonds. The zero-order valence-corrected chi connectivity index (χ0v) is 42.6. The number of rotatable bonds is 14. The molecule has 0 aromatic heterocycles. The van der Waals surface area contributed by atoms with Crippen LogP contribution in [0.4, 0.5) is 8.78 Å². The van der Waals surface area contributed by atoms with Crippen LogP contribution in [0.3, 0.4) is 0 Å². The third kappa shape index (κ3) is 17.3. The van der Waals surface area contributed by atoms with E-state index in [-0.39, 0.29) is 71.9 Å². The minimum absolute atomic E-state index is 0. The predicted octanol–water partition coefficient (Wildman–Crippen LogP) is 5.81. The summed E-state index contributed by atoms with van der Waals surface area (Å²) in [7, 11) is 1.34. The van der Waals surface area contributed by atoms with Crippen molar-refractivity contribution in [1.82, 2.24) is 9.80 Å². The van der Waals surface area contributed by atoms with Crippen molar-refractivity contribution < 1.29 is 77.1 Å². The van der Waals surface area contributed by atoms with Gasteiger partial charge in [-0.25, -0.2) is 18.4 Å². The molecule has 6 aromatic rings. The normalized spacial score (nSPS) is 16.5. The van der Waals surface area contributed by atoms with Crippen molar-refractivity contribution in [2.45, 2.75) is 74.7 Å². The molecule has 0 saturated carbocycles. The van der Waals surface area contributed by atoms with E-state index in [1.165, 1.54) is 36.3 Å². The van der Waals surface area contributed by atoms with Crippen LogP contribution >= 0.6 is 0 Å². The summed E-state index contributed by atoms with van der Waals surface area (Å²) in [6.07, 6.45) is 2.27. The van der Waals surface area contributed by atoms with E-state index in [1.807, 2.05) is 121 Å². The fourth-order valence-electron chi connectivity index (χ4n) is 9.11. The van der Waals surface area contributed by atoms with Gasteiger partial charge in [0, 0.05) is 49.9 Å². The number of ether oxygens (including phenoxy) is 3. The number of hydrogen-bond donors (Lipinski definition) is 1. The molecule has 2 heterocycles. The molecular weight excluding hydrogens is 966 g/mol. The Morgan fingerprint density at radius 2 is 0.882 bits per heavy atom. The molecule has 76 heavy (non-hydrogen) atoms. The Balaban J connectivity index is 0.000000316. The van der Waals surface area contributed by atoms with E-state index in [1.54, 1.807) is 29.2 Å². The number of nitrogens with zero attached hydrogens (tertiary/aromatic N) is 2. The van der Waals surface area contributed by atoms with E-state index in [0.29, 0.717) is 58.4 Å². The maximum Gasteiger partial charge on any atom is 1.00 e. The second kappa shape index (κ2) is 31.5. The van der Waals surface area contributed by atoms with Crippen LogP contribution in [0.5, 0.6) is 0 Å². The van der Waals surface area contributed by atoms with Crippen LogP contribution in [0.25, 0.3) is 0 Å². The van der Waals surface area contributed by atoms with E-state index in [9.17, 15) is 33.1 Å². The molecule has 0 spiro atoms. The number of benzene rings is 6. The minimum Gasteiger partial charge on any atom is -0.870 e. The largest absolute Gasteiger partial charge is 1.00 e. The third-order valence-corrected chi connectivity index (χ3v) is 12.8. The zero-order chi connectivity index (χ0) is 51.4. The van der Waals surface area contributed by atoms with Crippen LogP contribution in [0.15, 0.2) is 170 Å². The maximum absolute atomic E-state index is 13.9. The third-order valence-electron chi connectivity index (χ3n) is 12.8. The van der Waals surface area contributed by atoms with Gasteiger partial charge in [0.2, 0.25) is 11.8 Å². The van der Waals surface area contributed by atoms with Gasteiger partial charge in [-0.1, -0.05) is 145 Å². The van der Waals surface area contributed by atoms with Gasteiger partial charge >= 0.3 is 30.8 Å². The first kappa shape index (κ1) is 61.2. The molecule has 0 unspecified atom stereocenters. The number of amides is 2. The van der Waals surface area contributed by atoms with Crippen molar-refractivity contribution in [2.75, 3.05) is 33.4 Å². The molecule has 0 aliphatic carbocycles. The van der Waals surface area contributed by atoms with E-state index < -0.39 is 35.9 Å². The number of halogens is 2. The number of hydrogen-bond acceptors (Lipinski definition) is 8. The Bertz CT molecular complexity index is 2780. The number of carboxylic acid groups (broad SMARTS) is 1. The molecule has 0 bridgehead atoms. The van der Waals surface area contributed by atoms with Crippen LogP contribution < -0.4 is 18.9 Å². The van der Waals surface area contributed by atoms with Gasteiger partial charge in [-0.2, -0.15) is 0 Å². The van der Waals surface area contributed by atoms with Crippen molar-refractivity contribution in [3.8, 4) is 23.7 Å². The quantitative estimate of drug-likeness (QED) is 0.0609. The molecule has 4 N–H and O–H groups in total. The summed E-state index contributed by atoms with van der Waals surface area (Å²) in [6.45, 7) is 1.45. The molecule has 2 aliphatic heterocycles. The first-order valence-corrected chi connectivity index (χ1v) is 24.4. The van der Waals surface area contributed by atoms with Gasteiger partial charge in [0.15, 0.2) is 0 Å². The fraction of sp³-hybridized carbons (Fsp3) is 0.279. The van der Waals surface area contributed by atoms with Gasteiger partial charge in [0.05, 0.1) is 44.4 Å². The van der Waals surface area contributed by atoms with Crippen molar-refractivity contribution in [1.29, 1.82) is 0 Å². The molecule has 12 nitrogen and oxygen atoms in total. The number of piperidine rings is 2. The molecule has 0 radical (unpaired) electrons. The topological polar surface area (TPSA) is 184 Å². The van der Waals surface area contributed by atoms with Crippen LogP contribution in [0, 0.1) is 35.3 Å². The van der Waals surface area contributed by atoms with Crippen molar-refractivity contribution in [3.05, 3.63) is 215 Å². The van der Waals surface area contributed by atoms with Crippen LogP contribution in [-0.2, 0) is 33.4 Å². The SMILES string of the molecule is COC(=O)[C@@H]1C[C@H](OCCC#Cc2ccc(F)cc2)CCN1C(=O)C(c1ccccc1)c1ccccc1.O.O=C(O)[C@@H]1C[C@H](OCCC#Cc2ccc(F)cc2)CCN1C(=O)C(c1ccccc1)c1ccccc1.[Li+].[OH-]. The maximum atomic E-state index is 13.9. The Hall–Kier alpha value is -7.38. The number of carbonyl (C=O) groups is 4. The second-order valence-electron chi connectivity index (χ2n) is 17.6. The summed E-state index contributed by atoms with van der Waals surface area (Å²) >= 11 is 0. The summed E-state index contributed by atoms with van der Waals surface area (Å²) in [5.41, 5.74) is 4.87. The standard InChI is InChI=1S/C31H30FNO4.C30H28FNO4.Li.2H2O/c1-36-31(35)28-22-27(37-21-9-8-10-23-15-17-26(32)18-16-23)19-20-33(28)30(34)29(24-11-4-2-5-12-24)25-13-6-3-7-14-25;31-25-16-14-22(15-17-25)9-7-8-20-36-26-18-19-32(27(21-26)30(34)35)29(33)28(23-10-3-1-4-11-23)24-12-5-2-6-13-24;;;/h2-7,11-18,27-29H,9,19-22H2,1H3;1-6,10-17,26-28H,8,18-21H2,(H,34,35);;2*1H2/q;;+1;;/p-1/t27-,28+;26-,27+;;;/m11.../s1. The summed E-state index contributed by atoms with van der Waals surface area (Å²) < 4.78 is 43.0. The molecular formula is C61H61F2LiN2O10. The average molecular weight is 1030 g/mol. The van der Waals surface area contributed by atoms with Crippen LogP contribution in [0.1, 0.15) is 83.7 Å². The molecule has 2 aliphatic rings. The summed E-state index contributed by atoms with van der Waals surface area (Å²) in [6, 6.07) is 48.4. The fourth-order valence-corrected chi connectivity index (χ4v) is 9.11. The summed E-state index contributed by atoms with van der Waals surface area (Å²) in [5.74, 6) is 8.45. The Morgan fingerprint density at radius 1 is 0.553 bits per heavy atom. The average Bonchev–Trinajstić information content (AvgIpc) is 3.43. The number of carbonyl (C=O) groups excluding carboxylic acids is 3. The summed E-state index contributed by atoms with van der Waals surface area (Å²) in [4.78, 5) is 55.7. The van der Waals surface area contributed by atoms with Crippen molar-refractivity contribution in [2.24, 2.45) is 0 Å². The molecule has 15 heteroatoms. The smallest absolute Gasteiger partial charge is 0.870 e. The van der Waals surface area contributed by atoms with Crippen LogP contribution in [-0.4, -0.2) is 107 Å². The zero-order valence-electron chi connectivity index (χ0n) is 42.6. The van der Waals surface area contributed by atoms with Crippen molar-refractivity contribution in [3.63, 3.8) is 0 Å². The second-order valence-corrected chi connectivity index (χ2v) is 17.6. The van der Waals surface area contributed by atoms with E-state index in [0.717, 1.165) is 33.4 Å². The molecule has 8 rings (SSSR count).